The zero-order valence-corrected chi connectivity index (χ0v) is 16.8. The van der Waals surface area contributed by atoms with Gasteiger partial charge in [-0.05, 0) is 55.2 Å². The van der Waals surface area contributed by atoms with Gasteiger partial charge in [0, 0.05) is 0 Å². The lowest BCUT2D eigenvalue weighted by Crippen LogP contribution is -2.22. The van der Waals surface area contributed by atoms with E-state index in [0.717, 1.165) is 18.4 Å². The number of aryl methyl sites for hydroxylation is 1. The van der Waals surface area contributed by atoms with Crippen molar-refractivity contribution in [2.45, 2.75) is 32.6 Å². The first-order valence-corrected chi connectivity index (χ1v) is 9.98. The van der Waals surface area contributed by atoms with Gasteiger partial charge in [0.1, 0.15) is 10.6 Å². The highest BCUT2D eigenvalue weighted by Crippen LogP contribution is 2.46. The minimum Gasteiger partial charge on any atom is -0.504 e. The molecule has 1 fully saturated rings. The summed E-state index contributed by atoms with van der Waals surface area (Å²) in [4.78, 5) is 36.6. The Kier molecular flexibility index (Phi) is 6.07. The highest BCUT2D eigenvalue weighted by molar-refractivity contribution is 7.15. The summed E-state index contributed by atoms with van der Waals surface area (Å²) in [5, 5.41) is 24.3. The molecule has 9 heteroatoms. The molecule has 1 aliphatic carbocycles. The maximum atomic E-state index is 12.3. The first-order chi connectivity index (χ1) is 13.8. The fourth-order valence-electron chi connectivity index (χ4n) is 2.79. The summed E-state index contributed by atoms with van der Waals surface area (Å²) in [5.41, 5.74) is 1.36. The molecule has 1 amide bonds. The highest BCUT2D eigenvalue weighted by Gasteiger charge is 2.32. The quantitative estimate of drug-likeness (QED) is 0.465. The lowest BCUT2D eigenvalue weighted by molar-refractivity contribution is -0.119. The van der Waals surface area contributed by atoms with E-state index < -0.39 is 36.0 Å². The van der Waals surface area contributed by atoms with E-state index in [9.17, 15) is 24.6 Å². The van der Waals surface area contributed by atoms with Crippen LogP contribution in [-0.2, 0) is 14.3 Å². The number of amides is 1. The lowest BCUT2D eigenvalue weighted by atomic mass is 10.1. The molecule has 1 aromatic heterocycles. The standard InChI is InChI=1S/C20H21NO7S/c1-3-27-20(26)15-13(11-5-6-11)9-29-18(15)21-14(22)8-28-19(25)12-7-4-10(2)16(23)17(12)24/h4,7,9,11,23-24H,3,5-6,8H2,1-2H3,(H,21,22). The summed E-state index contributed by atoms with van der Waals surface area (Å²) in [7, 11) is 0. The fourth-order valence-corrected chi connectivity index (χ4v) is 3.84. The Morgan fingerprint density at radius 3 is 2.52 bits per heavy atom. The van der Waals surface area contributed by atoms with Gasteiger partial charge in [-0.3, -0.25) is 4.79 Å². The summed E-state index contributed by atoms with van der Waals surface area (Å²) in [6.45, 7) is 2.87. The molecular weight excluding hydrogens is 398 g/mol. The normalized spacial score (nSPS) is 13.0. The van der Waals surface area contributed by atoms with Gasteiger partial charge in [0.25, 0.3) is 5.91 Å². The molecule has 154 valence electrons. The number of hydrogen-bond acceptors (Lipinski definition) is 8. The Bertz CT molecular complexity index is 962. The van der Waals surface area contributed by atoms with E-state index in [1.807, 2.05) is 5.38 Å². The number of anilines is 1. The summed E-state index contributed by atoms with van der Waals surface area (Å²) >= 11 is 1.22. The number of hydrogen-bond donors (Lipinski definition) is 3. The fraction of sp³-hybridized carbons (Fsp3) is 0.350. The largest absolute Gasteiger partial charge is 0.504 e. The molecule has 0 atom stereocenters. The van der Waals surface area contributed by atoms with Gasteiger partial charge in [0.2, 0.25) is 0 Å². The average Bonchev–Trinajstić information content (AvgIpc) is 3.45. The van der Waals surface area contributed by atoms with E-state index >= 15 is 0 Å². The van der Waals surface area contributed by atoms with E-state index in [1.54, 1.807) is 13.8 Å². The molecule has 0 spiro atoms. The number of thiophene rings is 1. The molecule has 0 bridgehead atoms. The maximum Gasteiger partial charge on any atom is 0.342 e. The van der Waals surface area contributed by atoms with E-state index in [1.165, 1.54) is 23.5 Å². The zero-order valence-electron chi connectivity index (χ0n) is 16.0. The molecule has 0 saturated heterocycles. The van der Waals surface area contributed by atoms with Crippen LogP contribution in [0.4, 0.5) is 5.00 Å². The minimum atomic E-state index is -0.955. The third kappa shape index (κ3) is 4.51. The van der Waals surface area contributed by atoms with Gasteiger partial charge in [-0.1, -0.05) is 6.07 Å². The van der Waals surface area contributed by atoms with Crippen molar-refractivity contribution in [1.82, 2.24) is 0 Å². The molecule has 1 aromatic carbocycles. The van der Waals surface area contributed by atoms with E-state index in [2.05, 4.69) is 5.32 Å². The number of phenolic OH excluding ortho intramolecular Hbond substituents is 2. The van der Waals surface area contributed by atoms with Crippen LogP contribution in [0.15, 0.2) is 17.5 Å². The molecule has 2 aromatic rings. The average molecular weight is 419 g/mol. The Balaban J connectivity index is 1.66. The van der Waals surface area contributed by atoms with Crippen LogP contribution < -0.4 is 5.32 Å². The molecule has 1 aliphatic rings. The number of carbonyl (C=O) groups is 3. The third-order valence-electron chi connectivity index (χ3n) is 4.48. The van der Waals surface area contributed by atoms with E-state index in [0.29, 0.717) is 22.0 Å². The topological polar surface area (TPSA) is 122 Å². The molecule has 3 rings (SSSR count). The molecule has 8 nitrogen and oxygen atoms in total. The first-order valence-electron chi connectivity index (χ1n) is 9.10. The second kappa shape index (κ2) is 8.52. The monoisotopic (exact) mass is 419 g/mol. The van der Waals surface area contributed by atoms with Gasteiger partial charge in [-0.15, -0.1) is 11.3 Å². The second-order valence-electron chi connectivity index (χ2n) is 6.64. The third-order valence-corrected chi connectivity index (χ3v) is 5.39. The van der Waals surface area contributed by atoms with Gasteiger partial charge in [0.15, 0.2) is 18.1 Å². The van der Waals surface area contributed by atoms with Crippen molar-refractivity contribution >= 4 is 34.2 Å². The highest BCUT2D eigenvalue weighted by atomic mass is 32.1. The van der Waals surface area contributed by atoms with E-state index in [-0.39, 0.29) is 12.2 Å². The summed E-state index contributed by atoms with van der Waals surface area (Å²) in [6, 6.07) is 2.74. The SMILES string of the molecule is CCOC(=O)c1c(C2CC2)csc1NC(=O)COC(=O)c1ccc(C)c(O)c1O. The second-order valence-corrected chi connectivity index (χ2v) is 7.52. The molecule has 0 aliphatic heterocycles. The first kappa shape index (κ1) is 20.7. The summed E-state index contributed by atoms with van der Waals surface area (Å²) in [5.74, 6) is -2.82. The van der Waals surface area contributed by atoms with Crippen molar-refractivity contribution in [2.24, 2.45) is 0 Å². The van der Waals surface area contributed by atoms with Gasteiger partial charge in [-0.25, -0.2) is 9.59 Å². The molecule has 29 heavy (non-hydrogen) atoms. The molecular formula is C20H21NO7S. The van der Waals surface area contributed by atoms with Crippen molar-refractivity contribution in [1.29, 1.82) is 0 Å². The molecule has 1 saturated carbocycles. The number of ether oxygens (including phenoxy) is 2. The van der Waals surface area contributed by atoms with Gasteiger partial charge < -0.3 is 25.0 Å². The van der Waals surface area contributed by atoms with Gasteiger partial charge in [0.05, 0.1) is 12.2 Å². The number of aromatic hydroxyl groups is 2. The van der Waals surface area contributed by atoms with E-state index in [4.69, 9.17) is 9.47 Å². The predicted octanol–water partition coefficient (Wildman–Crippen LogP) is 3.32. The number of phenols is 2. The lowest BCUT2D eigenvalue weighted by Gasteiger charge is -2.10. The Labute approximate surface area is 171 Å². The van der Waals surface area contributed by atoms with Gasteiger partial charge in [-0.2, -0.15) is 0 Å². The summed E-state index contributed by atoms with van der Waals surface area (Å²) in [6.07, 6.45) is 1.97. The summed E-state index contributed by atoms with van der Waals surface area (Å²) < 4.78 is 10.0. The Morgan fingerprint density at radius 1 is 1.14 bits per heavy atom. The van der Waals surface area contributed by atoms with Gasteiger partial charge >= 0.3 is 11.9 Å². The number of esters is 2. The molecule has 0 radical (unpaired) electrons. The number of carbonyl (C=O) groups excluding carboxylic acids is 3. The predicted molar refractivity (Wildman–Crippen MR) is 106 cm³/mol. The maximum absolute atomic E-state index is 12.3. The Morgan fingerprint density at radius 2 is 1.86 bits per heavy atom. The molecule has 1 heterocycles. The van der Waals surface area contributed by atoms with Crippen molar-refractivity contribution < 1.29 is 34.1 Å². The van der Waals surface area contributed by atoms with Crippen LogP contribution in [0.5, 0.6) is 11.5 Å². The van der Waals surface area contributed by atoms with Crippen LogP contribution in [0.1, 0.15) is 57.5 Å². The van der Waals surface area contributed by atoms with Crippen LogP contribution in [0.25, 0.3) is 0 Å². The van der Waals surface area contributed by atoms with Crippen LogP contribution >= 0.6 is 11.3 Å². The number of nitrogens with one attached hydrogen (secondary N) is 1. The van der Waals surface area contributed by atoms with Crippen molar-refractivity contribution in [3.8, 4) is 11.5 Å². The van der Waals surface area contributed by atoms with Crippen LogP contribution in [0.3, 0.4) is 0 Å². The van der Waals surface area contributed by atoms with Crippen molar-refractivity contribution in [3.63, 3.8) is 0 Å². The van der Waals surface area contributed by atoms with Crippen LogP contribution in [-0.4, -0.2) is 41.3 Å². The van der Waals surface area contributed by atoms with Crippen LogP contribution in [0.2, 0.25) is 0 Å². The number of benzene rings is 1. The van der Waals surface area contributed by atoms with Crippen molar-refractivity contribution in [2.75, 3.05) is 18.5 Å². The number of rotatable bonds is 7. The zero-order chi connectivity index (χ0) is 21.1. The van der Waals surface area contributed by atoms with Crippen molar-refractivity contribution in [3.05, 3.63) is 39.8 Å². The molecule has 3 N–H and O–H groups in total. The van der Waals surface area contributed by atoms with Crippen LogP contribution in [0, 0.1) is 6.92 Å². The minimum absolute atomic E-state index is 0.219. The molecule has 0 unspecified atom stereocenters. The Hall–Kier alpha value is -3.07. The smallest absolute Gasteiger partial charge is 0.342 e.